The third kappa shape index (κ3) is 3.06. The maximum absolute atomic E-state index is 13.3. The first-order chi connectivity index (χ1) is 11.0. The molecule has 0 amide bonds. The van der Waals surface area contributed by atoms with Crippen molar-refractivity contribution in [2.75, 3.05) is 5.32 Å². The number of aromatic nitrogens is 2. The predicted molar refractivity (Wildman–Crippen MR) is 95.7 cm³/mol. The van der Waals surface area contributed by atoms with Crippen LogP contribution in [0, 0.1) is 19.7 Å². The fourth-order valence-corrected chi connectivity index (χ4v) is 3.71. The zero-order valence-electron chi connectivity index (χ0n) is 13.8. The highest BCUT2D eigenvalue weighted by atomic mass is 32.1. The van der Waals surface area contributed by atoms with E-state index < -0.39 is 0 Å². The third-order valence-electron chi connectivity index (χ3n) is 3.97. The maximum Gasteiger partial charge on any atom is 0.139 e. The molecule has 0 fully saturated rings. The van der Waals surface area contributed by atoms with Gasteiger partial charge in [-0.05, 0) is 44.9 Å². The number of fused-ring (bicyclic) bond motifs is 1. The van der Waals surface area contributed by atoms with E-state index in [-0.39, 0.29) is 5.82 Å². The van der Waals surface area contributed by atoms with E-state index >= 15 is 0 Å². The molecule has 1 unspecified atom stereocenters. The second-order valence-corrected chi connectivity index (χ2v) is 7.00. The zero-order valence-corrected chi connectivity index (χ0v) is 14.6. The molecule has 0 radical (unpaired) electrons. The number of nitrogens with zero attached hydrogens (tertiary/aromatic N) is 2. The molecule has 1 atom stereocenters. The Hall–Kier alpha value is -2.01. The van der Waals surface area contributed by atoms with Crippen molar-refractivity contribution in [2.45, 2.75) is 40.2 Å². The summed E-state index contributed by atoms with van der Waals surface area (Å²) in [5.41, 5.74) is 2.09. The number of hydrogen-bond donors (Lipinski definition) is 1. The lowest BCUT2D eigenvalue weighted by Gasteiger charge is -2.14. The van der Waals surface area contributed by atoms with Gasteiger partial charge in [0.15, 0.2) is 0 Å². The van der Waals surface area contributed by atoms with Crippen LogP contribution in [0.25, 0.3) is 21.3 Å². The van der Waals surface area contributed by atoms with Crippen LogP contribution >= 0.6 is 11.3 Å². The number of hydrogen-bond acceptors (Lipinski definition) is 4. The molecule has 0 saturated carbocycles. The number of anilines is 1. The van der Waals surface area contributed by atoms with E-state index in [1.807, 2.05) is 19.1 Å². The van der Waals surface area contributed by atoms with Gasteiger partial charge in [0.25, 0.3) is 0 Å². The van der Waals surface area contributed by atoms with E-state index in [1.165, 1.54) is 17.0 Å². The van der Waals surface area contributed by atoms with Crippen LogP contribution in [0.2, 0.25) is 0 Å². The molecule has 0 aliphatic carbocycles. The second-order valence-electron chi connectivity index (χ2n) is 5.79. The highest BCUT2D eigenvalue weighted by Gasteiger charge is 2.18. The lowest BCUT2D eigenvalue weighted by atomic mass is 10.0. The van der Waals surface area contributed by atoms with Gasteiger partial charge >= 0.3 is 0 Å². The SMILES string of the molecule is CCC(C)Nc1nc(C)nc2sc(C)c(-c3ccc(F)cc3)c12. The molecule has 3 nitrogen and oxygen atoms in total. The van der Waals surface area contributed by atoms with Crippen molar-refractivity contribution < 1.29 is 4.39 Å². The Morgan fingerprint density at radius 2 is 1.87 bits per heavy atom. The molecule has 0 aliphatic heterocycles. The molecule has 0 saturated heterocycles. The maximum atomic E-state index is 13.3. The largest absolute Gasteiger partial charge is 0.367 e. The van der Waals surface area contributed by atoms with E-state index in [2.05, 4.69) is 36.1 Å². The summed E-state index contributed by atoms with van der Waals surface area (Å²) in [7, 11) is 0. The van der Waals surface area contributed by atoms with Gasteiger partial charge in [0.1, 0.15) is 22.3 Å². The minimum atomic E-state index is -0.226. The summed E-state index contributed by atoms with van der Waals surface area (Å²) in [5.74, 6) is 1.40. The van der Waals surface area contributed by atoms with Gasteiger partial charge < -0.3 is 5.32 Å². The second kappa shape index (κ2) is 6.24. The van der Waals surface area contributed by atoms with E-state index in [9.17, 15) is 4.39 Å². The van der Waals surface area contributed by atoms with Gasteiger partial charge in [-0.15, -0.1) is 11.3 Å². The molecule has 0 aliphatic rings. The first kappa shape index (κ1) is 15.9. The van der Waals surface area contributed by atoms with Crippen LogP contribution in [0.5, 0.6) is 0 Å². The Kier molecular flexibility index (Phi) is 4.31. The van der Waals surface area contributed by atoms with Crippen molar-refractivity contribution in [3.8, 4) is 11.1 Å². The lowest BCUT2D eigenvalue weighted by Crippen LogP contribution is -2.15. The Balaban J connectivity index is 2.24. The van der Waals surface area contributed by atoms with Gasteiger partial charge in [0.2, 0.25) is 0 Å². The molecule has 120 valence electrons. The van der Waals surface area contributed by atoms with Gasteiger partial charge in [-0.3, -0.25) is 0 Å². The standard InChI is InChI=1S/C18H20FN3S/c1-5-10(2)20-17-16-15(13-6-8-14(19)9-7-13)11(3)23-18(16)22-12(4)21-17/h6-10H,5H2,1-4H3,(H,20,21,22). The van der Waals surface area contributed by atoms with Crippen molar-refractivity contribution in [3.63, 3.8) is 0 Å². The summed E-state index contributed by atoms with van der Waals surface area (Å²) >= 11 is 1.66. The van der Waals surface area contributed by atoms with Gasteiger partial charge in [-0.2, -0.15) is 0 Å². The molecule has 0 bridgehead atoms. The van der Waals surface area contributed by atoms with Crippen molar-refractivity contribution >= 4 is 27.4 Å². The molecular formula is C18H20FN3S. The molecule has 5 heteroatoms. The summed E-state index contributed by atoms with van der Waals surface area (Å²) in [6, 6.07) is 6.95. The highest BCUT2D eigenvalue weighted by Crippen LogP contribution is 2.40. The molecule has 2 heterocycles. The molecule has 3 aromatic rings. The highest BCUT2D eigenvalue weighted by molar-refractivity contribution is 7.19. The van der Waals surface area contributed by atoms with Crippen LogP contribution in [0.4, 0.5) is 10.2 Å². The van der Waals surface area contributed by atoms with Crippen LogP contribution in [0.15, 0.2) is 24.3 Å². The number of halogens is 1. The average molecular weight is 329 g/mol. The van der Waals surface area contributed by atoms with Gasteiger partial charge in [-0.1, -0.05) is 19.1 Å². The average Bonchev–Trinajstić information content (AvgIpc) is 2.84. The Morgan fingerprint density at radius 3 is 2.52 bits per heavy atom. The summed E-state index contributed by atoms with van der Waals surface area (Å²) in [6.07, 6.45) is 1.01. The van der Waals surface area contributed by atoms with Crippen molar-refractivity contribution in [3.05, 3.63) is 40.8 Å². The van der Waals surface area contributed by atoms with Crippen molar-refractivity contribution in [1.29, 1.82) is 0 Å². The lowest BCUT2D eigenvalue weighted by molar-refractivity contribution is 0.628. The fraction of sp³-hybridized carbons (Fsp3) is 0.333. The summed E-state index contributed by atoms with van der Waals surface area (Å²) in [5, 5.41) is 4.52. The van der Waals surface area contributed by atoms with Crippen LogP contribution in [0.1, 0.15) is 31.0 Å². The van der Waals surface area contributed by atoms with E-state index in [4.69, 9.17) is 0 Å². The molecule has 23 heavy (non-hydrogen) atoms. The number of thiophene rings is 1. The summed E-state index contributed by atoms with van der Waals surface area (Å²) in [4.78, 5) is 11.3. The summed E-state index contributed by atoms with van der Waals surface area (Å²) in [6.45, 7) is 8.27. The quantitative estimate of drug-likeness (QED) is 0.703. The molecule has 0 spiro atoms. The molecule has 2 aromatic heterocycles. The van der Waals surface area contributed by atoms with Crippen molar-refractivity contribution in [2.24, 2.45) is 0 Å². The smallest absolute Gasteiger partial charge is 0.139 e. The number of aryl methyl sites for hydroxylation is 2. The Bertz CT molecular complexity index is 840. The Morgan fingerprint density at radius 1 is 1.17 bits per heavy atom. The molecule has 1 aromatic carbocycles. The normalized spacial score (nSPS) is 12.6. The predicted octanol–water partition coefficient (Wildman–Crippen LogP) is 5.32. The molecule has 1 N–H and O–H groups in total. The van der Waals surface area contributed by atoms with E-state index in [0.717, 1.165) is 39.4 Å². The molecular weight excluding hydrogens is 309 g/mol. The summed E-state index contributed by atoms with van der Waals surface area (Å²) < 4.78 is 13.3. The number of benzene rings is 1. The first-order valence-corrected chi connectivity index (χ1v) is 8.61. The van der Waals surface area contributed by atoms with E-state index in [1.54, 1.807) is 11.3 Å². The number of nitrogens with one attached hydrogen (secondary N) is 1. The Labute approximate surface area is 139 Å². The van der Waals surface area contributed by atoms with Crippen LogP contribution in [-0.2, 0) is 0 Å². The third-order valence-corrected chi connectivity index (χ3v) is 4.97. The minimum absolute atomic E-state index is 0.226. The van der Waals surface area contributed by atoms with Gasteiger partial charge in [0.05, 0.1) is 5.39 Å². The molecule has 3 rings (SSSR count). The van der Waals surface area contributed by atoms with E-state index in [0.29, 0.717) is 6.04 Å². The monoisotopic (exact) mass is 329 g/mol. The minimum Gasteiger partial charge on any atom is -0.367 e. The van der Waals surface area contributed by atoms with Crippen molar-refractivity contribution in [1.82, 2.24) is 9.97 Å². The fourth-order valence-electron chi connectivity index (χ4n) is 2.62. The van der Waals surface area contributed by atoms with Crippen LogP contribution in [-0.4, -0.2) is 16.0 Å². The van der Waals surface area contributed by atoms with Crippen LogP contribution < -0.4 is 5.32 Å². The topological polar surface area (TPSA) is 37.8 Å². The van der Waals surface area contributed by atoms with Gasteiger partial charge in [-0.25, -0.2) is 14.4 Å². The first-order valence-electron chi connectivity index (χ1n) is 7.79. The zero-order chi connectivity index (χ0) is 16.6. The van der Waals surface area contributed by atoms with Gasteiger partial charge in [0, 0.05) is 16.5 Å². The number of rotatable bonds is 4. The van der Waals surface area contributed by atoms with Crippen LogP contribution in [0.3, 0.4) is 0 Å².